The van der Waals surface area contributed by atoms with Crippen LogP contribution >= 0.6 is 15.9 Å². The highest BCUT2D eigenvalue weighted by Crippen LogP contribution is 2.32. The topological polar surface area (TPSA) is 93.7 Å². The third-order valence-electron chi connectivity index (χ3n) is 4.32. The molecule has 2 aromatic carbocycles. The Morgan fingerprint density at radius 1 is 0.966 bits per heavy atom. The number of carbonyl (C=O) groups is 1. The van der Waals surface area contributed by atoms with E-state index in [2.05, 4.69) is 26.0 Å². The monoisotopic (exact) mass is 482 g/mol. The third kappa shape index (κ3) is 6.45. The zero-order valence-electron chi connectivity index (χ0n) is 15.8. The van der Waals surface area contributed by atoms with Gasteiger partial charge in [-0.3, -0.25) is 4.79 Å². The number of amides is 1. The van der Waals surface area contributed by atoms with Crippen molar-refractivity contribution < 1.29 is 22.7 Å². The first kappa shape index (κ1) is 21.6. The van der Waals surface area contributed by atoms with Gasteiger partial charge in [-0.1, -0.05) is 22.4 Å². The molecule has 3 rings (SSSR count). The first-order valence-corrected chi connectivity index (χ1v) is 11.7. The number of halogens is 1. The van der Waals surface area contributed by atoms with Crippen LogP contribution < -0.4 is 19.5 Å². The van der Waals surface area contributed by atoms with E-state index in [1.807, 2.05) is 24.3 Å². The Kier molecular flexibility index (Phi) is 7.51. The molecule has 0 bridgehead atoms. The fraction of sp³-hybridized carbons (Fsp3) is 0.350. The molecule has 0 saturated carbocycles. The quantitative estimate of drug-likeness (QED) is 0.531. The van der Waals surface area contributed by atoms with Gasteiger partial charge in [0.05, 0.1) is 4.90 Å². The molecule has 2 aromatic rings. The van der Waals surface area contributed by atoms with E-state index in [4.69, 9.17) is 9.47 Å². The van der Waals surface area contributed by atoms with Gasteiger partial charge >= 0.3 is 0 Å². The van der Waals surface area contributed by atoms with Gasteiger partial charge in [0, 0.05) is 29.2 Å². The number of anilines is 1. The smallest absolute Gasteiger partial charge is 0.240 e. The number of benzene rings is 2. The lowest BCUT2D eigenvalue weighted by Gasteiger charge is -2.18. The van der Waals surface area contributed by atoms with Gasteiger partial charge < -0.3 is 14.8 Å². The summed E-state index contributed by atoms with van der Waals surface area (Å²) >= 11 is 3.35. The van der Waals surface area contributed by atoms with Gasteiger partial charge in [0.25, 0.3) is 0 Å². The number of hydrogen-bond acceptors (Lipinski definition) is 5. The molecule has 1 aliphatic heterocycles. The van der Waals surface area contributed by atoms with Crippen LogP contribution in [0.4, 0.5) is 5.69 Å². The molecule has 0 fully saturated rings. The fourth-order valence-corrected chi connectivity index (χ4v) is 4.18. The van der Waals surface area contributed by atoms with Crippen LogP contribution in [-0.2, 0) is 14.8 Å². The van der Waals surface area contributed by atoms with E-state index in [0.29, 0.717) is 50.5 Å². The van der Waals surface area contributed by atoms with E-state index < -0.39 is 10.0 Å². The van der Waals surface area contributed by atoms with E-state index in [1.54, 1.807) is 6.07 Å². The minimum Gasteiger partial charge on any atom is -0.486 e. The summed E-state index contributed by atoms with van der Waals surface area (Å²) < 4.78 is 39.2. The first-order valence-electron chi connectivity index (χ1n) is 9.39. The van der Waals surface area contributed by atoms with Crippen molar-refractivity contribution in [1.82, 2.24) is 4.72 Å². The normalized spacial score (nSPS) is 13.1. The predicted molar refractivity (Wildman–Crippen MR) is 114 cm³/mol. The third-order valence-corrected chi connectivity index (χ3v) is 6.31. The molecular formula is C20H23BrN2O5S. The van der Waals surface area contributed by atoms with Crippen molar-refractivity contribution in [3.63, 3.8) is 0 Å². The molecule has 0 atom stereocenters. The maximum absolute atomic E-state index is 12.4. The molecule has 1 aliphatic rings. The van der Waals surface area contributed by atoms with E-state index >= 15 is 0 Å². The second-order valence-corrected chi connectivity index (χ2v) is 9.25. The van der Waals surface area contributed by atoms with E-state index in [9.17, 15) is 13.2 Å². The van der Waals surface area contributed by atoms with Crippen LogP contribution in [0, 0.1) is 0 Å². The number of sulfonamides is 1. The molecule has 1 amide bonds. The Labute approximate surface area is 179 Å². The van der Waals surface area contributed by atoms with Crippen LogP contribution in [-0.4, -0.2) is 34.1 Å². The van der Waals surface area contributed by atoms with Crippen molar-refractivity contribution in [3.05, 3.63) is 46.9 Å². The van der Waals surface area contributed by atoms with Crippen LogP contribution in [0.1, 0.15) is 25.7 Å². The molecule has 0 spiro atoms. The Hall–Kier alpha value is -2.10. The second kappa shape index (κ2) is 10.1. The lowest BCUT2D eigenvalue weighted by atomic mass is 10.2. The highest BCUT2D eigenvalue weighted by molar-refractivity contribution is 9.10. The molecule has 0 unspecified atom stereocenters. The van der Waals surface area contributed by atoms with Crippen LogP contribution in [0.15, 0.2) is 51.8 Å². The molecular weight excluding hydrogens is 460 g/mol. The Morgan fingerprint density at radius 3 is 2.45 bits per heavy atom. The SMILES string of the molecule is O=C(CCCCCNS(=O)(=O)c1ccc2c(c1)OCCO2)Nc1ccc(Br)cc1. The molecule has 0 aromatic heterocycles. The molecule has 0 radical (unpaired) electrons. The van der Waals surface area contributed by atoms with Crippen molar-refractivity contribution in [2.45, 2.75) is 30.6 Å². The summed E-state index contributed by atoms with van der Waals surface area (Å²) in [5.74, 6) is 0.941. The maximum Gasteiger partial charge on any atom is 0.240 e. The van der Waals surface area contributed by atoms with Gasteiger partial charge in [-0.15, -0.1) is 0 Å². The summed E-state index contributed by atoms with van der Waals surface area (Å²) in [5, 5.41) is 2.84. The van der Waals surface area contributed by atoms with E-state index in [0.717, 1.165) is 16.6 Å². The minimum atomic E-state index is -3.61. The maximum atomic E-state index is 12.4. The van der Waals surface area contributed by atoms with Gasteiger partial charge in [-0.2, -0.15) is 0 Å². The molecule has 0 saturated heterocycles. The van der Waals surface area contributed by atoms with Gasteiger partial charge in [-0.25, -0.2) is 13.1 Å². The van der Waals surface area contributed by atoms with Gasteiger partial charge in [0.15, 0.2) is 11.5 Å². The van der Waals surface area contributed by atoms with Gasteiger partial charge in [0.1, 0.15) is 13.2 Å². The molecule has 1 heterocycles. The van der Waals surface area contributed by atoms with Crippen LogP contribution in [0.3, 0.4) is 0 Å². The molecule has 7 nitrogen and oxygen atoms in total. The first-order chi connectivity index (χ1) is 13.9. The molecule has 29 heavy (non-hydrogen) atoms. The summed E-state index contributed by atoms with van der Waals surface area (Å²) in [5.41, 5.74) is 0.755. The Morgan fingerprint density at radius 2 is 1.69 bits per heavy atom. The number of rotatable bonds is 9. The van der Waals surface area contributed by atoms with Crippen molar-refractivity contribution in [2.75, 3.05) is 25.1 Å². The number of unbranched alkanes of at least 4 members (excludes halogenated alkanes) is 2. The summed E-state index contributed by atoms with van der Waals surface area (Å²) in [6.45, 7) is 1.17. The zero-order valence-corrected chi connectivity index (χ0v) is 18.2. The standard InChI is InChI=1S/C20H23BrN2O5S/c21-15-5-7-16(8-6-15)23-20(24)4-2-1-3-11-22-29(25,26)17-9-10-18-19(14-17)28-13-12-27-18/h5-10,14,22H,1-4,11-13H2,(H,23,24). The lowest BCUT2D eigenvalue weighted by Crippen LogP contribution is -2.25. The molecule has 9 heteroatoms. The van der Waals surface area contributed by atoms with E-state index in [1.165, 1.54) is 12.1 Å². The molecule has 0 aliphatic carbocycles. The average molecular weight is 483 g/mol. The number of carbonyl (C=O) groups excluding carboxylic acids is 1. The Bertz CT molecular complexity index is 948. The average Bonchev–Trinajstić information content (AvgIpc) is 2.72. The summed E-state index contributed by atoms with van der Waals surface area (Å²) in [7, 11) is -3.61. The second-order valence-electron chi connectivity index (χ2n) is 6.57. The van der Waals surface area contributed by atoms with Crippen LogP contribution in [0.5, 0.6) is 11.5 Å². The van der Waals surface area contributed by atoms with Crippen molar-refractivity contribution in [2.24, 2.45) is 0 Å². The Balaban J connectivity index is 1.36. The minimum absolute atomic E-state index is 0.0517. The van der Waals surface area contributed by atoms with Gasteiger partial charge in [0.2, 0.25) is 15.9 Å². The zero-order chi connectivity index (χ0) is 20.7. The lowest BCUT2D eigenvalue weighted by molar-refractivity contribution is -0.116. The van der Waals surface area contributed by atoms with Gasteiger partial charge in [-0.05, 0) is 49.2 Å². The number of fused-ring (bicyclic) bond motifs is 1. The highest BCUT2D eigenvalue weighted by Gasteiger charge is 2.18. The summed E-state index contributed by atoms with van der Waals surface area (Å²) in [4.78, 5) is 12.1. The fourth-order valence-electron chi connectivity index (χ4n) is 2.82. The summed E-state index contributed by atoms with van der Waals surface area (Å²) in [6.07, 6.45) is 2.48. The van der Waals surface area contributed by atoms with Crippen LogP contribution in [0.2, 0.25) is 0 Å². The predicted octanol–water partition coefficient (Wildman–Crippen LogP) is 3.70. The van der Waals surface area contributed by atoms with Crippen molar-refractivity contribution in [1.29, 1.82) is 0 Å². The van der Waals surface area contributed by atoms with Crippen molar-refractivity contribution in [3.8, 4) is 11.5 Å². The largest absolute Gasteiger partial charge is 0.486 e. The number of nitrogens with one attached hydrogen (secondary N) is 2. The van der Waals surface area contributed by atoms with Crippen molar-refractivity contribution >= 4 is 37.5 Å². The molecule has 2 N–H and O–H groups in total. The number of hydrogen-bond donors (Lipinski definition) is 2. The summed E-state index contributed by atoms with van der Waals surface area (Å²) in [6, 6.07) is 12.0. The van der Waals surface area contributed by atoms with E-state index in [-0.39, 0.29) is 10.8 Å². The number of ether oxygens (including phenoxy) is 2. The van der Waals surface area contributed by atoms with Crippen LogP contribution in [0.25, 0.3) is 0 Å². The molecule has 156 valence electrons. The highest BCUT2D eigenvalue weighted by atomic mass is 79.9.